The molecule has 0 spiro atoms. The SMILES string of the molecule is CC(C)c1cccc2nc(-c3ccccc3)nc(-c3cccc4ccccc34)c12. The van der Waals surface area contributed by atoms with Gasteiger partial charge in [-0.3, -0.25) is 0 Å². The number of benzene rings is 4. The molecule has 140 valence electrons. The average molecular weight is 374 g/mol. The van der Waals surface area contributed by atoms with Crippen LogP contribution in [-0.4, -0.2) is 9.97 Å². The molecular weight excluding hydrogens is 352 g/mol. The number of nitrogens with zero attached hydrogens (tertiary/aromatic N) is 2. The van der Waals surface area contributed by atoms with Crippen LogP contribution in [0.4, 0.5) is 0 Å². The van der Waals surface area contributed by atoms with E-state index in [1.807, 2.05) is 18.2 Å². The molecule has 0 aliphatic rings. The lowest BCUT2D eigenvalue weighted by molar-refractivity contribution is 0.875. The first-order valence-corrected chi connectivity index (χ1v) is 10.1. The van der Waals surface area contributed by atoms with Crippen molar-refractivity contribution in [1.82, 2.24) is 9.97 Å². The Morgan fingerprint density at radius 3 is 2.21 bits per heavy atom. The van der Waals surface area contributed by atoms with Gasteiger partial charge in [0.1, 0.15) is 0 Å². The van der Waals surface area contributed by atoms with E-state index < -0.39 is 0 Å². The van der Waals surface area contributed by atoms with E-state index in [2.05, 4.69) is 86.6 Å². The summed E-state index contributed by atoms with van der Waals surface area (Å²) in [6, 6.07) is 31.6. The maximum Gasteiger partial charge on any atom is 0.160 e. The maximum atomic E-state index is 5.12. The van der Waals surface area contributed by atoms with Gasteiger partial charge in [0.25, 0.3) is 0 Å². The van der Waals surface area contributed by atoms with Crippen LogP contribution >= 0.6 is 0 Å². The third-order valence-electron chi connectivity index (χ3n) is 5.45. The fraction of sp³-hybridized carbons (Fsp3) is 0.111. The van der Waals surface area contributed by atoms with E-state index in [1.54, 1.807) is 0 Å². The first-order chi connectivity index (χ1) is 14.2. The number of hydrogen-bond donors (Lipinski definition) is 0. The molecule has 4 aromatic carbocycles. The smallest absolute Gasteiger partial charge is 0.160 e. The summed E-state index contributed by atoms with van der Waals surface area (Å²) in [5, 5.41) is 3.59. The molecule has 0 aliphatic heterocycles. The van der Waals surface area contributed by atoms with Crippen molar-refractivity contribution in [3.63, 3.8) is 0 Å². The van der Waals surface area contributed by atoms with Gasteiger partial charge >= 0.3 is 0 Å². The van der Waals surface area contributed by atoms with E-state index in [1.165, 1.54) is 16.3 Å². The van der Waals surface area contributed by atoms with Crippen LogP contribution in [0, 0.1) is 0 Å². The Bertz CT molecular complexity index is 1320. The maximum absolute atomic E-state index is 5.12. The molecule has 0 N–H and O–H groups in total. The standard InChI is InChI=1S/C27H22N2/c1-18(2)21-15-9-17-24-25(21)26(29-27(28-24)20-11-4-3-5-12-20)23-16-8-13-19-10-6-7-14-22(19)23/h3-18H,1-2H3. The van der Waals surface area contributed by atoms with Gasteiger partial charge in [0.05, 0.1) is 11.2 Å². The lowest BCUT2D eigenvalue weighted by Gasteiger charge is -2.16. The lowest BCUT2D eigenvalue weighted by Crippen LogP contribution is -1.99. The molecule has 2 heteroatoms. The fourth-order valence-electron chi connectivity index (χ4n) is 4.03. The van der Waals surface area contributed by atoms with E-state index in [-0.39, 0.29) is 0 Å². The summed E-state index contributed by atoms with van der Waals surface area (Å²) < 4.78 is 0. The molecule has 0 saturated carbocycles. The summed E-state index contributed by atoms with van der Waals surface area (Å²) in [6.45, 7) is 4.46. The highest BCUT2D eigenvalue weighted by molar-refractivity contribution is 6.04. The van der Waals surface area contributed by atoms with Gasteiger partial charge in [0.15, 0.2) is 5.82 Å². The minimum absolute atomic E-state index is 0.388. The Kier molecular flexibility index (Phi) is 4.33. The van der Waals surface area contributed by atoms with Crippen molar-refractivity contribution in [2.75, 3.05) is 0 Å². The van der Waals surface area contributed by atoms with Gasteiger partial charge in [0.2, 0.25) is 0 Å². The van der Waals surface area contributed by atoms with Gasteiger partial charge in [-0.05, 0) is 28.3 Å². The van der Waals surface area contributed by atoms with Crippen LogP contribution in [-0.2, 0) is 0 Å². The third-order valence-corrected chi connectivity index (χ3v) is 5.45. The zero-order chi connectivity index (χ0) is 19.8. The Hall–Kier alpha value is -3.52. The second kappa shape index (κ2) is 7.14. The first-order valence-electron chi connectivity index (χ1n) is 10.1. The van der Waals surface area contributed by atoms with Crippen molar-refractivity contribution in [1.29, 1.82) is 0 Å². The lowest BCUT2D eigenvalue weighted by atomic mass is 9.93. The summed E-state index contributed by atoms with van der Waals surface area (Å²) in [6.07, 6.45) is 0. The van der Waals surface area contributed by atoms with E-state index >= 15 is 0 Å². The van der Waals surface area contributed by atoms with E-state index in [9.17, 15) is 0 Å². The topological polar surface area (TPSA) is 25.8 Å². The second-order valence-corrected chi connectivity index (χ2v) is 7.68. The number of hydrogen-bond acceptors (Lipinski definition) is 2. The minimum atomic E-state index is 0.388. The van der Waals surface area contributed by atoms with Crippen molar-refractivity contribution in [3.05, 3.63) is 96.6 Å². The van der Waals surface area contributed by atoms with Crippen molar-refractivity contribution in [3.8, 4) is 22.6 Å². The monoisotopic (exact) mass is 374 g/mol. The largest absolute Gasteiger partial charge is 0.228 e. The molecular formula is C27H22N2. The molecule has 29 heavy (non-hydrogen) atoms. The van der Waals surface area contributed by atoms with Gasteiger partial charge in [-0.15, -0.1) is 0 Å². The van der Waals surface area contributed by atoms with Crippen LogP contribution < -0.4 is 0 Å². The molecule has 2 nitrogen and oxygen atoms in total. The van der Waals surface area contributed by atoms with Crippen molar-refractivity contribution in [2.45, 2.75) is 19.8 Å². The van der Waals surface area contributed by atoms with Crippen molar-refractivity contribution < 1.29 is 0 Å². The quantitative estimate of drug-likeness (QED) is 0.332. The highest BCUT2D eigenvalue weighted by atomic mass is 14.9. The second-order valence-electron chi connectivity index (χ2n) is 7.68. The van der Waals surface area contributed by atoms with Gasteiger partial charge in [0, 0.05) is 16.5 Å². The normalized spacial score (nSPS) is 11.4. The van der Waals surface area contributed by atoms with Gasteiger partial charge in [-0.2, -0.15) is 0 Å². The van der Waals surface area contributed by atoms with Crippen LogP contribution in [0.2, 0.25) is 0 Å². The Morgan fingerprint density at radius 1 is 0.655 bits per heavy atom. The number of rotatable bonds is 3. The molecule has 0 fully saturated rings. The predicted octanol–water partition coefficient (Wildman–Crippen LogP) is 7.24. The van der Waals surface area contributed by atoms with Gasteiger partial charge < -0.3 is 0 Å². The molecule has 5 aromatic rings. The van der Waals surface area contributed by atoms with E-state index in [0.717, 1.165) is 33.5 Å². The summed E-state index contributed by atoms with van der Waals surface area (Å²) >= 11 is 0. The van der Waals surface area contributed by atoms with E-state index in [0.29, 0.717) is 5.92 Å². The van der Waals surface area contributed by atoms with Crippen LogP contribution in [0.3, 0.4) is 0 Å². The summed E-state index contributed by atoms with van der Waals surface area (Å²) in [5.41, 5.74) is 5.47. The highest BCUT2D eigenvalue weighted by Gasteiger charge is 2.17. The van der Waals surface area contributed by atoms with Crippen molar-refractivity contribution in [2.24, 2.45) is 0 Å². The molecule has 1 heterocycles. The number of fused-ring (bicyclic) bond motifs is 2. The minimum Gasteiger partial charge on any atom is -0.228 e. The van der Waals surface area contributed by atoms with E-state index in [4.69, 9.17) is 9.97 Å². The third kappa shape index (κ3) is 3.07. The zero-order valence-corrected chi connectivity index (χ0v) is 16.6. The molecule has 5 rings (SSSR count). The summed E-state index contributed by atoms with van der Waals surface area (Å²) in [4.78, 5) is 10.1. The molecule has 1 aromatic heterocycles. The van der Waals surface area contributed by atoms with Crippen LogP contribution in [0.15, 0.2) is 91.0 Å². The molecule has 0 amide bonds. The van der Waals surface area contributed by atoms with Crippen LogP contribution in [0.25, 0.3) is 44.3 Å². The zero-order valence-electron chi connectivity index (χ0n) is 16.6. The summed E-state index contributed by atoms with van der Waals surface area (Å²) in [5.74, 6) is 1.15. The Morgan fingerprint density at radius 2 is 1.38 bits per heavy atom. The van der Waals surface area contributed by atoms with Crippen LogP contribution in [0.1, 0.15) is 25.3 Å². The molecule has 0 saturated heterocycles. The Labute approximate surface area is 170 Å². The first kappa shape index (κ1) is 17.6. The van der Waals surface area contributed by atoms with Crippen molar-refractivity contribution >= 4 is 21.7 Å². The Balaban J connectivity index is 1.92. The predicted molar refractivity (Wildman–Crippen MR) is 122 cm³/mol. The van der Waals surface area contributed by atoms with Gasteiger partial charge in [-0.1, -0.05) is 98.8 Å². The number of aromatic nitrogens is 2. The highest BCUT2D eigenvalue weighted by Crippen LogP contribution is 2.37. The molecule has 0 bridgehead atoms. The molecule has 0 aliphatic carbocycles. The molecule has 0 atom stereocenters. The van der Waals surface area contributed by atoms with Crippen LogP contribution in [0.5, 0.6) is 0 Å². The van der Waals surface area contributed by atoms with Gasteiger partial charge in [-0.25, -0.2) is 9.97 Å². The molecule has 0 radical (unpaired) electrons. The fourth-order valence-corrected chi connectivity index (χ4v) is 4.03. The summed E-state index contributed by atoms with van der Waals surface area (Å²) in [7, 11) is 0. The molecule has 0 unspecified atom stereocenters. The average Bonchev–Trinajstić information content (AvgIpc) is 2.78.